The molecule has 0 amide bonds. The number of halogens is 2. The number of aromatic nitrogens is 2. The molecule has 0 radical (unpaired) electrons. The van der Waals surface area contributed by atoms with E-state index >= 15 is 0 Å². The predicted molar refractivity (Wildman–Crippen MR) is 92.7 cm³/mol. The van der Waals surface area contributed by atoms with Crippen LogP contribution in [0.5, 0.6) is 0 Å². The molecule has 0 saturated carbocycles. The summed E-state index contributed by atoms with van der Waals surface area (Å²) in [5, 5.41) is 0.266. The van der Waals surface area contributed by atoms with Crippen molar-refractivity contribution in [1.82, 2.24) is 9.55 Å². The highest BCUT2D eigenvalue weighted by molar-refractivity contribution is 5.86. The van der Waals surface area contributed by atoms with Crippen molar-refractivity contribution in [3.63, 3.8) is 0 Å². The second-order valence-electron chi connectivity index (χ2n) is 5.61. The summed E-state index contributed by atoms with van der Waals surface area (Å²) in [5.41, 5.74) is 1.99. The van der Waals surface area contributed by atoms with Gasteiger partial charge in [-0.2, -0.15) is 0 Å². The van der Waals surface area contributed by atoms with Crippen LogP contribution in [0.1, 0.15) is 0 Å². The fourth-order valence-electron chi connectivity index (χ4n) is 2.85. The zero-order valence-corrected chi connectivity index (χ0v) is 13.0. The van der Waals surface area contributed by atoms with Crippen molar-refractivity contribution in [1.29, 1.82) is 0 Å². The van der Waals surface area contributed by atoms with Gasteiger partial charge in [-0.3, -0.25) is 9.78 Å². The SMILES string of the molecule is O=c1ccn(-c2ccc(F)cc2)c2cc(-c3ccncc3)c(F)cc12. The van der Waals surface area contributed by atoms with Gasteiger partial charge in [0.1, 0.15) is 11.6 Å². The number of rotatable bonds is 2. The molecule has 0 saturated heterocycles. The highest BCUT2D eigenvalue weighted by atomic mass is 19.1. The minimum absolute atomic E-state index is 0.266. The molecule has 4 rings (SSSR count). The van der Waals surface area contributed by atoms with E-state index in [4.69, 9.17) is 0 Å². The smallest absolute Gasteiger partial charge is 0.189 e. The van der Waals surface area contributed by atoms with Crippen molar-refractivity contribution in [3.8, 4) is 16.8 Å². The van der Waals surface area contributed by atoms with Crippen molar-refractivity contribution >= 4 is 10.9 Å². The van der Waals surface area contributed by atoms with Crippen LogP contribution in [0, 0.1) is 11.6 Å². The van der Waals surface area contributed by atoms with E-state index in [1.165, 1.54) is 24.3 Å². The third-order valence-electron chi connectivity index (χ3n) is 4.08. The van der Waals surface area contributed by atoms with Crippen LogP contribution in [-0.2, 0) is 0 Å². The molecule has 0 fully saturated rings. The quantitative estimate of drug-likeness (QED) is 0.547. The Morgan fingerprint density at radius 2 is 1.60 bits per heavy atom. The lowest BCUT2D eigenvalue weighted by molar-refractivity contribution is 0.627. The first-order valence-electron chi connectivity index (χ1n) is 7.65. The van der Waals surface area contributed by atoms with Gasteiger partial charge in [-0.15, -0.1) is 0 Å². The average molecular weight is 334 g/mol. The molecule has 0 aliphatic heterocycles. The predicted octanol–water partition coefficient (Wildman–Crippen LogP) is 4.33. The molecule has 0 aliphatic carbocycles. The van der Waals surface area contributed by atoms with Crippen LogP contribution in [0.3, 0.4) is 0 Å². The summed E-state index contributed by atoms with van der Waals surface area (Å²) in [6.45, 7) is 0. The second-order valence-corrected chi connectivity index (χ2v) is 5.61. The Balaban J connectivity index is 2.03. The number of pyridine rings is 2. The number of fused-ring (bicyclic) bond motifs is 1. The topological polar surface area (TPSA) is 34.9 Å². The Kier molecular flexibility index (Phi) is 3.61. The first kappa shape index (κ1) is 15.2. The molecular formula is C20H12F2N2O. The maximum atomic E-state index is 14.6. The van der Waals surface area contributed by atoms with Crippen LogP contribution in [0.4, 0.5) is 8.78 Å². The van der Waals surface area contributed by atoms with Gasteiger partial charge in [-0.25, -0.2) is 8.78 Å². The zero-order valence-electron chi connectivity index (χ0n) is 13.0. The van der Waals surface area contributed by atoms with E-state index in [9.17, 15) is 13.6 Å². The standard InChI is InChI=1S/C20H12F2N2O/c21-14-1-3-15(4-2-14)24-10-7-20(25)17-11-18(22)16(12-19(17)24)13-5-8-23-9-6-13/h1-12H. The van der Waals surface area contributed by atoms with Crippen LogP contribution < -0.4 is 5.43 Å². The molecule has 25 heavy (non-hydrogen) atoms. The molecule has 2 heterocycles. The van der Waals surface area contributed by atoms with Gasteiger partial charge in [0.05, 0.1) is 5.52 Å². The Labute approximate surface area is 141 Å². The van der Waals surface area contributed by atoms with E-state index in [-0.39, 0.29) is 16.6 Å². The second kappa shape index (κ2) is 5.94. The van der Waals surface area contributed by atoms with E-state index in [0.717, 1.165) is 0 Å². The van der Waals surface area contributed by atoms with Crippen molar-refractivity contribution in [2.45, 2.75) is 0 Å². The third kappa shape index (κ3) is 2.70. The normalized spacial score (nSPS) is 11.0. The molecule has 2 aromatic carbocycles. The first-order chi connectivity index (χ1) is 12.1. The lowest BCUT2D eigenvalue weighted by Crippen LogP contribution is -2.07. The largest absolute Gasteiger partial charge is 0.316 e. The molecular weight excluding hydrogens is 322 g/mol. The summed E-state index contributed by atoms with van der Waals surface area (Å²) in [4.78, 5) is 16.1. The van der Waals surface area contributed by atoms with E-state index in [2.05, 4.69) is 4.98 Å². The van der Waals surface area contributed by atoms with Gasteiger partial charge in [0.25, 0.3) is 0 Å². The van der Waals surface area contributed by atoms with Crippen molar-refractivity contribution in [3.05, 3.63) is 95.0 Å². The van der Waals surface area contributed by atoms with Crippen molar-refractivity contribution in [2.75, 3.05) is 0 Å². The molecule has 5 heteroatoms. The van der Waals surface area contributed by atoms with Crippen LogP contribution in [0.2, 0.25) is 0 Å². The van der Waals surface area contributed by atoms with Crippen LogP contribution in [0.15, 0.2) is 78.0 Å². The number of benzene rings is 2. The van der Waals surface area contributed by atoms with Crippen LogP contribution >= 0.6 is 0 Å². The summed E-state index contributed by atoms with van der Waals surface area (Å²) >= 11 is 0. The molecule has 0 unspecified atom stereocenters. The maximum absolute atomic E-state index is 14.6. The molecule has 0 spiro atoms. The monoisotopic (exact) mass is 334 g/mol. The summed E-state index contributed by atoms with van der Waals surface area (Å²) in [7, 11) is 0. The van der Waals surface area contributed by atoms with Crippen LogP contribution in [0.25, 0.3) is 27.7 Å². The van der Waals surface area contributed by atoms with Gasteiger partial charge in [-0.1, -0.05) is 0 Å². The number of hydrogen-bond donors (Lipinski definition) is 0. The third-order valence-corrected chi connectivity index (χ3v) is 4.08. The van der Waals surface area contributed by atoms with Crippen LogP contribution in [-0.4, -0.2) is 9.55 Å². The maximum Gasteiger partial charge on any atom is 0.189 e. The molecule has 0 aliphatic rings. The van der Waals surface area contributed by atoms with Gasteiger partial charge >= 0.3 is 0 Å². The molecule has 122 valence electrons. The van der Waals surface area contributed by atoms with Gasteiger partial charge in [0.15, 0.2) is 5.43 Å². The Hall–Kier alpha value is -3.34. The van der Waals surface area contributed by atoms with E-state index in [0.29, 0.717) is 22.3 Å². The van der Waals surface area contributed by atoms with Gasteiger partial charge in [0.2, 0.25) is 0 Å². The summed E-state index contributed by atoms with van der Waals surface area (Å²) in [5.74, 6) is -0.828. The first-order valence-corrected chi connectivity index (χ1v) is 7.65. The Morgan fingerprint density at radius 1 is 0.880 bits per heavy atom. The molecule has 4 aromatic rings. The van der Waals surface area contributed by atoms with E-state index < -0.39 is 5.82 Å². The van der Waals surface area contributed by atoms with E-state index in [1.807, 2.05) is 0 Å². The van der Waals surface area contributed by atoms with E-state index in [1.54, 1.807) is 53.5 Å². The number of nitrogens with zero attached hydrogens (tertiary/aromatic N) is 2. The summed E-state index contributed by atoms with van der Waals surface area (Å²) < 4.78 is 29.5. The summed E-state index contributed by atoms with van der Waals surface area (Å²) in [6, 6.07) is 13.5. The molecule has 2 aromatic heterocycles. The number of hydrogen-bond acceptors (Lipinski definition) is 2. The van der Waals surface area contributed by atoms with Crippen molar-refractivity contribution < 1.29 is 8.78 Å². The minimum Gasteiger partial charge on any atom is -0.316 e. The molecule has 0 N–H and O–H groups in total. The fourth-order valence-corrected chi connectivity index (χ4v) is 2.85. The van der Waals surface area contributed by atoms with Gasteiger partial charge in [0, 0.05) is 41.3 Å². The minimum atomic E-state index is -0.479. The fraction of sp³-hybridized carbons (Fsp3) is 0. The molecule has 0 atom stereocenters. The van der Waals surface area contributed by atoms with Gasteiger partial charge < -0.3 is 4.57 Å². The highest BCUT2D eigenvalue weighted by Gasteiger charge is 2.12. The molecule has 3 nitrogen and oxygen atoms in total. The Morgan fingerprint density at radius 3 is 2.32 bits per heavy atom. The average Bonchev–Trinajstić information content (AvgIpc) is 2.64. The Bertz CT molecular complexity index is 1120. The highest BCUT2D eigenvalue weighted by Crippen LogP contribution is 2.27. The molecule has 0 bridgehead atoms. The lowest BCUT2D eigenvalue weighted by Gasteiger charge is -2.13. The summed E-state index contributed by atoms with van der Waals surface area (Å²) in [6.07, 6.45) is 4.76. The lowest BCUT2D eigenvalue weighted by atomic mass is 10.0. The zero-order chi connectivity index (χ0) is 17.4. The van der Waals surface area contributed by atoms with Crippen molar-refractivity contribution in [2.24, 2.45) is 0 Å². The van der Waals surface area contributed by atoms with Gasteiger partial charge in [-0.05, 0) is 54.1 Å².